The Balaban J connectivity index is 1.34. The third-order valence-electron chi connectivity index (χ3n) is 6.32. The number of para-hydroxylation sites is 1. The Morgan fingerprint density at radius 1 is 0.744 bits per heavy atom. The molecular formula is C32H33NO6. The number of nitrogens with zero attached hydrogens (tertiary/aromatic N) is 1. The van der Waals surface area contributed by atoms with Crippen molar-refractivity contribution in [3.05, 3.63) is 95.7 Å². The maximum Gasteiger partial charge on any atom is 0.309 e. The number of unbranched alkanes of at least 4 members (excludes halogenated alkanes) is 1. The number of carbonyl (C=O) groups is 2. The van der Waals surface area contributed by atoms with Gasteiger partial charge in [0.05, 0.1) is 19.6 Å². The number of rotatable bonds is 15. The number of carboxylic acids is 2. The van der Waals surface area contributed by atoms with Gasteiger partial charge in [0.2, 0.25) is 0 Å². The normalized spacial score (nSPS) is 11.2. The van der Waals surface area contributed by atoms with Crippen molar-refractivity contribution in [3.63, 3.8) is 0 Å². The van der Waals surface area contributed by atoms with Crippen molar-refractivity contribution in [2.24, 2.45) is 0 Å². The van der Waals surface area contributed by atoms with E-state index < -0.39 is 11.9 Å². The van der Waals surface area contributed by atoms with Crippen LogP contribution in [0.15, 0.2) is 78.9 Å². The van der Waals surface area contributed by atoms with Crippen LogP contribution in [-0.4, -0.2) is 39.9 Å². The maximum atomic E-state index is 11.4. The van der Waals surface area contributed by atoms with E-state index in [4.69, 9.17) is 14.6 Å². The summed E-state index contributed by atoms with van der Waals surface area (Å²) in [5.41, 5.74) is 3.55. The highest BCUT2D eigenvalue weighted by molar-refractivity contribution is 5.93. The zero-order valence-electron chi connectivity index (χ0n) is 21.8. The molecule has 4 rings (SSSR count). The molecule has 0 radical (unpaired) electrons. The molecule has 0 aliphatic heterocycles. The Morgan fingerprint density at radius 2 is 1.44 bits per heavy atom. The van der Waals surface area contributed by atoms with Crippen molar-refractivity contribution >= 4 is 35.0 Å². The number of carboxylic acid groups (broad SMARTS) is 2. The first-order valence-electron chi connectivity index (χ1n) is 13.1. The first kappa shape index (κ1) is 27.5. The number of ether oxygens (including phenoxy) is 2. The van der Waals surface area contributed by atoms with Crippen LogP contribution in [0.4, 0.5) is 0 Å². The van der Waals surface area contributed by atoms with E-state index in [1.54, 1.807) is 0 Å². The molecule has 4 aromatic rings. The van der Waals surface area contributed by atoms with Crippen molar-refractivity contribution in [3.8, 4) is 11.5 Å². The highest BCUT2D eigenvalue weighted by Crippen LogP contribution is 2.27. The largest absolute Gasteiger partial charge is 0.494 e. The van der Waals surface area contributed by atoms with Gasteiger partial charge in [0.1, 0.15) is 11.5 Å². The van der Waals surface area contributed by atoms with E-state index in [1.807, 2.05) is 95.6 Å². The van der Waals surface area contributed by atoms with Gasteiger partial charge < -0.3 is 24.3 Å². The van der Waals surface area contributed by atoms with E-state index in [0.29, 0.717) is 31.9 Å². The third kappa shape index (κ3) is 8.23. The Kier molecular flexibility index (Phi) is 9.78. The molecule has 0 atom stereocenters. The average Bonchev–Trinajstić information content (AvgIpc) is 3.27. The Hall–Kier alpha value is -4.52. The predicted molar refractivity (Wildman–Crippen MR) is 152 cm³/mol. The fraction of sp³-hybridized carbons (Fsp3) is 0.250. The van der Waals surface area contributed by atoms with Crippen LogP contribution in [-0.2, 0) is 22.6 Å². The summed E-state index contributed by atoms with van der Waals surface area (Å²) in [6.07, 6.45) is 6.19. The lowest BCUT2D eigenvalue weighted by Crippen LogP contribution is -2.09. The second kappa shape index (κ2) is 13.9. The van der Waals surface area contributed by atoms with Crippen LogP contribution >= 0.6 is 0 Å². The fourth-order valence-electron chi connectivity index (χ4n) is 4.42. The van der Waals surface area contributed by atoms with Crippen LogP contribution in [0.25, 0.3) is 23.1 Å². The van der Waals surface area contributed by atoms with Gasteiger partial charge in [-0.3, -0.25) is 9.59 Å². The van der Waals surface area contributed by atoms with E-state index >= 15 is 0 Å². The molecule has 0 bridgehead atoms. The van der Waals surface area contributed by atoms with E-state index in [1.165, 1.54) is 0 Å². The molecule has 2 N–H and O–H groups in total. The molecule has 1 aromatic heterocycles. The van der Waals surface area contributed by atoms with Gasteiger partial charge in [-0.25, -0.2) is 0 Å². The summed E-state index contributed by atoms with van der Waals surface area (Å²) < 4.78 is 13.5. The Morgan fingerprint density at radius 3 is 2.10 bits per heavy atom. The maximum absolute atomic E-state index is 11.4. The van der Waals surface area contributed by atoms with Crippen LogP contribution in [0.2, 0.25) is 0 Å². The number of aromatic nitrogens is 1. The second-order valence-electron chi connectivity index (χ2n) is 9.25. The standard InChI is InChI=1S/C32H33NO6/c34-31(35)12-7-19-33-26(23-32(36)37)22-29-25(8-6-11-30(29)33)16-13-24-14-17-28(18-15-24)39-21-5-4-20-38-27-9-2-1-3-10-27/h1-3,6,8-11,13-18,22H,4-5,7,12,19-21,23H2,(H,34,35)(H,36,37)/b16-13+. The van der Waals surface area contributed by atoms with Gasteiger partial charge in [-0.05, 0) is 66.8 Å². The molecule has 0 spiro atoms. The number of fused-ring (bicyclic) bond motifs is 1. The monoisotopic (exact) mass is 527 g/mol. The Labute approximate surface area is 227 Å². The molecule has 0 aliphatic carbocycles. The van der Waals surface area contributed by atoms with Gasteiger partial charge in [-0.1, -0.05) is 54.6 Å². The smallest absolute Gasteiger partial charge is 0.309 e. The zero-order valence-corrected chi connectivity index (χ0v) is 21.8. The summed E-state index contributed by atoms with van der Waals surface area (Å²) in [6.45, 7) is 1.73. The lowest BCUT2D eigenvalue weighted by atomic mass is 10.1. The first-order chi connectivity index (χ1) is 19.0. The summed E-state index contributed by atoms with van der Waals surface area (Å²) in [7, 11) is 0. The van der Waals surface area contributed by atoms with Crippen molar-refractivity contribution in [2.75, 3.05) is 13.2 Å². The highest BCUT2D eigenvalue weighted by atomic mass is 16.5. The molecule has 0 fully saturated rings. The molecule has 7 nitrogen and oxygen atoms in total. The number of benzene rings is 3. The molecule has 39 heavy (non-hydrogen) atoms. The lowest BCUT2D eigenvalue weighted by Gasteiger charge is -2.09. The number of aliphatic carboxylic acids is 2. The van der Waals surface area contributed by atoms with Gasteiger partial charge in [0, 0.05) is 29.6 Å². The quantitative estimate of drug-likeness (QED) is 0.135. The van der Waals surface area contributed by atoms with Gasteiger partial charge >= 0.3 is 11.9 Å². The molecule has 0 saturated carbocycles. The van der Waals surface area contributed by atoms with E-state index in [0.717, 1.165) is 46.4 Å². The highest BCUT2D eigenvalue weighted by Gasteiger charge is 2.14. The SMILES string of the molecule is O=C(O)CCCn1c(CC(=O)O)cc2c(/C=C/c3ccc(OCCCCOc4ccccc4)cc3)cccc21. The van der Waals surface area contributed by atoms with Gasteiger partial charge in [-0.15, -0.1) is 0 Å². The summed E-state index contributed by atoms with van der Waals surface area (Å²) >= 11 is 0. The number of hydrogen-bond acceptors (Lipinski definition) is 4. The predicted octanol–water partition coefficient (Wildman–Crippen LogP) is 6.54. The third-order valence-corrected chi connectivity index (χ3v) is 6.32. The van der Waals surface area contributed by atoms with Crippen molar-refractivity contribution in [1.82, 2.24) is 4.57 Å². The molecule has 7 heteroatoms. The van der Waals surface area contributed by atoms with Crippen LogP contribution in [0.3, 0.4) is 0 Å². The number of aryl methyl sites for hydroxylation is 1. The molecule has 0 saturated heterocycles. The van der Waals surface area contributed by atoms with Crippen molar-refractivity contribution in [1.29, 1.82) is 0 Å². The Bertz CT molecular complexity index is 1410. The van der Waals surface area contributed by atoms with Crippen LogP contribution < -0.4 is 9.47 Å². The van der Waals surface area contributed by atoms with Crippen LogP contribution in [0.5, 0.6) is 11.5 Å². The second-order valence-corrected chi connectivity index (χ2v) is 9.25. The average molecular weight is 528 g/mol. The fourth-order valence-corrected chi connectivity index (χ4v) is 4.42. The summed E-state index contributed by atoms with van der Waals surface area (Å²) in [5.74, 6) is -0.0841. The van der Waals surface area contributed by atoms with Gasteiger partial charge in [-0.2, -0.15) is 0 Å². The summed E-state index contributed by atoms with van der Waals surface area (Å²) in [4.78, 5) is 22.4. The molecule has 0 aliphatic rings. The van der Waals surface area contributed by atoms with Crippen molar-refractivity contribution in [2.45, 2.75) is 38.6 Å². The number of hydrogen-bond donors (Lipinski definition) is 2. The first-order valence-corrected chi connectivity index (χ1v) is 13.1. The summed E-state index contributed by atoms with van der Waals surface area (Å²) in [5, 5.41) is 19.3. The topological polar surface area (TPSA) is 98.0 Å². The molecule has 0 unspecified atom stereocenters. The van der Waals surface area contributed by atoms with E-state index in [2.05, 4.69) is 0 Å². The van der Waals surface area contributed by atoms with Crippen LogP contribution in [0.1, 0.15) is 42.5 Å². The van der Waals surface area contributed by atoms with Crippen molar-refractivity contribution < 1.29 is 29.3 Å². The molecule has 3 aromatic carbocycles. The van der Waals surface area contributed by atoms with Crippen LogP contribution in [0, 0.1) is 0 Å². The lowest BCUT2D eigenvalue weighted by molar-refractivity contribution is -0.138. The zero-order chi connectivity index (χ0) is 27.5. The van der Waals surface area contributed by atoms with Gasteiger partial charge in [0.25, 0.3) is 0 Å². The molecule has 1 heterocycles. The molecule has 0 amide bonds. The summed E-state index contributed by atoms with van der Waals surface area (Å²) in [6, 6.07) is 25.4. The van der Waals surface area contributed by atoms with E-state index in [-0.39, 0.29) is 12.8 Å². The molecule has 202 valence electrons. The molecular weight excluding hydrogens is 494 g/mol. The minimum Gasteiger partial charge on any atom is -0.494 e. The van der Waals surface area contributed by atoms with E-state index in [9.17, 15) is 14.7 Å². The minimum absolute atomic E-state index is 0.0359. The van der Waals surface area contributed by atoms with Gasteiger partial charge in [0.15, 0.2) is 0 Å². The minimum atomic E-state index is -0.919.